The predicted octanol–water partition coefficient (Wildman–Crippen LogP) is 3.31. The molecule has 1 amide bonds. The number of carbonyl (C=O) groups is 1. The second-order valence-corrected chi connectivity index (χ2v) is 6.39. The summed E-state index contributed by atoms with van der Waals surface area (Å²) in [6.07, 6.45) is 0. The van der Waals surface area contributed by atoms with Gasteiger partial charge in [0, 0.05) is 24.2 Å². The van der Waals surface area contributed by atoms with E-state index in [1.54, 1.807) is 0 Å². The third kappa shape index (κ3) is 2.77. The molecule has 0 atom stereocenters. The van der Waals surface area contributed by atoms with Crippen molar-refractivity contribution in [3.8, 4) is 0 Å². The van der Waals surface area contributed by atoms with E-state index in [0.717, 1.165) is 22.5 Å². The van der Waals surface area contributed by atoms with Gasteiger partial charge in [0.05, 0.1) is 5.69 Å². The van der Waals surface area contributed by atoms with Gasteiger partial charge < -0.3 is 10.6 Å². The van der Waals surface area contributed by atoms with Crippen LogP contribution in [0.4, 0.5) is 5.69 Å². The van der Waals surface area contributed by atoms with Crippen LogP contribution in [0.15, 0.2) is 12.1 Å². The third-order valence-electron chi connectivity index (χ3n) is 3.18. The number of hydrogen-bond acceptors (Lipinski definition) is 4. The molecule has 2 N–H and O–H groups in total. The lowest BCUT2D eigenvalue weighted by molar-refractivity contribution is 0.0751. The van der Waals surface area contributed by atoms with Crippen molar-refractivity contribution in [2.75, 3.05) is 18.8 Å². The molecule has 2 heterocycles. The Balaban J connectivity index is 2.41. The normalized spacial score (nSPS) is 11.2. The fraction of sp³-hybridized carbons (Fsp3) is 0.467. The number of nitrogen functional groups attached to an aromatic ring is 1. The average molecular weight is 291 g/mol. The summed E-state index contributed by atoms with van der Waals surface area (Å²) in [6, 6.07) is 3.87. The van der Waals surface area contributed by atoms with Crippen LogP contribution in [0.2, 0.25) is 0 Å². The molecule has 0 radical (unpaired) electrons. The Morgan fingerprint density at radius 1 is 1.45 bits per heavy atom. The van der Waals surface area contributed by atoms with E-state index in [1.165, 1.54) is 11.3 Å². The fourth-order valence-corrected chi connectivity index (χ4v) is 3.30. The summed E-state index contributed by atoms with van der Waals surface area (Å²) >= 11 is 1.39. The maximum Gasteiger partial charge on any atom is 0.266 e. The highest BCUT2D eigenvalue weighted by molar-refractivity contribution is 7.21. The maximum absolute atomic E-state index is 12.6. The van der Waals surface area contributed by atoms with Gasteiger partial charge in [0.2, 0.25) is 0 Å². The SMILES string of the molecule is CCN(CC(C)C)C(=O)c1sc2nc(C)ccc2c1N. The molecule has 0 aliphatic carbocycles. The molecule has 0 aromatic carbocycles. The van der Waals surface area contributed by atoms with Crippen LogP contribution in [0.25, 0.3) is 10.2 Å². The Morgan fingerprint density at radius 2 is 2.15 bits per heavy atom. The second kappa shape index (κ2) is 5.79. The van der Waals surface area contributed by atoms with Crippen LogP contribution in [0.3, 0.4) is 0 Å². The standard InChI is InChI=1S/C15H21N3OS/c1-5-18(8-9(2)3)15(19)13-12(16)11-7-6-10(4)17-14(11)20-13/h6-7,9H,5,8,16H2,1-4H3. The Morgan fingerprint density at radius 3 is 2.75 bits per heavy atom. The summed E-state index contributed by atoms with van der Waals surface area (Å²) in [7, 11) is 0. The van der Waals surface area contributed by atoms with Gasteiger partial charge >= 0.3 is 0 Å². The maximum atomic E-state index is 12.6. The molecule has 0 aliphatic rings. The molecule has 0 bridgehead atoms. The van der Waals surface area contributed by atoms with Crippen LogP contribution in [0, 0.1) is 12.8 Å². The molecular formula is C15H21N3OS. The Bertz CT molecular complexity index is 633. The van der Waals surface area contributed by atoms with Gasteiger partial charge in [0.25, 0.3) is 5.91 Å². The van der Waals surface area contributed by atoms with E-state index in [1.807, 2.05) is 30.9 Å². The number of pyridine rings is 1. The summed E-state index contributed by atoms with van der Waals surface area (Å²) in [4.78, 5) is 20.4. The van der Waals surface area contributed by atoms with Crippen LogP contribution in [-0.2, 0) is 0 Å². The molecule has 108 valence electrons. The number of fused-ring (bicyclic) bond motifs is 1. The zero-order chi connectivity index (χ0) is 14.9. The van der Waals surface area contributed by atoms with Gasteiger partial charge in [-0.15, -0.1) is 11.3 Å². The molecule has 2 aromatic heterocycles. The Kier molecular flexibility index (Phi) is 4.28. The number of hydrogen-bond donors (Lipinski definition) is 1. The van der Waals surface area contributed by atoms with Crippen LogP contribution in [-0.4, -0.2) is 28.9 Å². The lowest BCUT2D eigenvalue weighted by Crippen LogP contribution is -2.33. The van der Waals surface area contributed by atoms with E-state index in [9.17, 15) is 4.79 Å². The van der Waals surface area contributed by atoms with E-state index in [0.29, 0.717) is 23.0 Å². The molecule has 5 heteroatoms. The number of rotatable bonds is 4. The highest BCUT2D eigenvalue weighted by Gasteiger charge is 2.22. The summed E-state index contributed by atoms with van der Waals surface area (Å²) < 4.78 is 0. The van der Waals surface area contributed by atoms with Crippen molar-refractivity contribution < 1.29 is 4.79 Å². The first kappa shape index (κ1) is 14.8. The quantitative estimate of drug-likeness (QED) is 0.940. The summed E-state index contributed by atoms with van der Waals surface area (Å²) in [5.41, 5.74) is 7.63. The number of thiophene rings is 1. The van der Waals surface area contributed by atoms with Crippen molar-refractivity contribution in [3.63, 3.8) is 0 Å². The van der Waals surface area contributed by atoms with Crippen molar-refractivity contribution >= 4 is 33.1 Å². The van der Waals surface area contributed by atoms with Gasteiger partial charge in [0.15, 0.2) is 0 Å². The number of anilines is 1. The van der Waals surface area contributed by atoms with E-state index < -0.39 is 0 Å². The van der Waals surface area contributed by atoms with E-state index in [-0.39, 0.29) is 5.91 Å². The summed E-state index contributed by atoms with van der Waals surface area (Å²) in [5.74, 6) is 0.453. The minimum atomic E-state index is 0.0133. The molecule has 4 nitrogen and oxygen atoms in total. The number of aromatic nitrogens is 1. The van der Waals surface area contributed by atoms with E-state index in [2.05, 4.69) is 18.8 Å². The van der Waals surface area contributed by atoms with Crippen LogP contribution in [0.1, 0.15) is 36.1 Å². The molecule has 20 heavy (non-hydrogen) atoms. The predicted molar refractivity (Wildman–Crippen MR) is 85.2 cm³/mol. The number of nitrogens with zero attached hydrogens (tertiary/aromatic N) is 2. The number of amides is 1. The zero-order valence-corrected chi connectivity index (χ0v) is 13.3. The molecule has 0 saturated carbocycles. The Labute approximate surface area is 123 Å². The molecule has 0 saturated heterocycles. The van der Waals surface area contributed by atoms with Gasteiger partial charge in [-0.3, -0.25) is 4.79 Å². The van der Waals surface area contributed by atoms with Crippen LogP contribution < -0.4 is 5.73 Å². The topological polar surface area (TPSA) is 59.2 Å². The second-order valence-electron chi connectivity index (χ2n) is 5.39. The first-order valence-electron chi connectivity index (χ1n) is 6.89. The number of carbonyl (C=O) groups excluding carboxylic acids is 1. The first-order valence-corrected chi connectivity index (χ1v) is 7.70. The third-order valence-corrected chi connectivity index (χ3v) is 4.28. The lowest BCUT2D eigenvalue weighted by Gasteiger charge is -2.22. The number of nitrogens with two attached hydrogens (primary N) is 1. The molecular weight excluding hydrogens is 270 g/mol. The molecule has 0 unspecified atom stereocenters. The zero-order valence-electron chi connectivity index (χ0n) is 12.4. The van der Waals surface area contributed by atoms with Gasteiger partial charge in [-0.1, -0.05) is 13.8 Å². The lowest BCUT2D eigenvalue weighted by atomic mass is 10.2. The highest BCUT2D eigenvalue weighted by atomic mass is 32.1. The summed E-state index contributed by atoms with van der Waals surface area (Å²) in [5, 5.41) is 0.879. The minimum absolute atomic E-state index is 0.0133. The molecule has 0 spiro atoms. The van der Waals surface area contributed by atoms with Gasteiger partial charge in [-0.05, 0) is 31.9 Å². The van der Waals surface area contributed by atoms with Crippen molar-refractivity contribution in [1.29, 1.82) is 0 Å². The number of aryl methyl sites for hydroxylation is 1. The van der Waals surface area contributed by atoms with Crippen molar-refractivity contribution in [2.45, 2.75) is 27.7 Å². The molecule has 2 rings (SSSR count). The van der Waals surface area contributed by atoms with Crippen molar-refractivity contribution in [2.24, 2.45) is 5.92 Å². The largest absolute Gasteiger partial charge is 0.397 e. The first-order chi connectivity index (χ1) is 9.43. The van der Waals surface area contributed by atoms with Crippen LogP contribution >= 0.6 is 11.3 Å². The monoisotopic (exact) mass is 291 g/mol. The molecule has 0 aliphatic heterocycles. The van der Waals surface area contributed by atoms with Crippen molar-refractivity contribution in [3.05, 3.63) is 22.7 Å². The van der Waals surface area contributed by atoms with E-state index >= 15 is 0 Å². The fourth-order valence-electron chi connectivity index (χ4n) is 2.19. The van der Waals surface area contributed by atoms with Crippen molar-refractivity contribution in [1.82, 2.24) is 9.88 Å². The van der Waals surface area contributed by atoms with Gasteiger partial charge in [0.1, 0.15) is 9.71 Å². The molecule has 2 aromatic rings. The molecule has 0 fully saturated rings. The highest BCUT2D eigenvalue weighted by Crippen LogP contribution is 2.33. The van der Waals surface area contributed by atoms with E-state index in [4.69, 9.17) is 5.73 Å². The average Bonchev–Trinajstić information content (AvgIpc) is 2.71. The van der Waals surface area contributed by atoms with Crippen LogP contribution in [0.5, 0.6) is 0 Å². The van der Waals surface area contributed by atoms with Gasteiger partial charge in [-0.25, -0.2) is 4.98 Å². The minimum Gasteiger partial charge on any atom is -0.397 e. The summed E-state index contributed by atoms with van der Waals surface area (Å²) in [6.45, 7) is 9.58. The van der Waals surface area contributed by atoms with Gasteiger partial charge in [-0.2, -0.15) is 0 Å². The smallest absolute Gasteiger partial charge is 0.266 e. The Hall–Kier alpha value is -1.62.